The van der Waals surface area contributed by atoms with Crippen molar-refractivity contribution >= 4 is 15.9 Å². The van der Waals surface area contributed by atoms with Gasteiger partial charge in [0.05, 0.1) is 0 Å². The van der Waals surface area contributed by atoms with Crippen LogP contribution in [0.4, 0.5) is 8.78 Å². The molecule has 0 unspecified atom stereocenters. The van der Waals surface area contributed by atoms with E-state index in [4.69, 9.17) is 10.5 Å². The summed E-state index contributed by atoms with van der Waals surface area (Å²) in [6, 6.07) is 9.02. The standard InChI is InChI=1S/C14H12BrF2NO/c15-11-3-4-12(16)14(6-11)19-8-10-2-1-9(7-18)5-13(10)17/h1-6H,7-8,18H2. The van der Waals surface area contributed by atoms with Crippen LogP contribution in [-0.4, -0.2) is 0 Å². The van der Waals surface area contributed by atoms with Crippen molar-refractivity contribution in [3.05, 3.63) is 63.6 Å². The summed E-state index contributed by atoms with van der Waals surface area (Å²) in [6.45, 7) is 0.238. The molecule has 2 aromatic carbocycles. The molecule has 2 nitrogen and oxygen atoms in total. The van der Waals surface area contributed by atoms with Crippen molar-refractivity contribution in [3.8, 4) is 5.75 Å². The zero-order valence-electron chi connectivity index (χ0n) is 10.00. The Hall–Kier alpha value is -1.46. The van der Waals surface area contributed by atoms with Crippen LogP contribution in [0.15, 0.2) is 40.9 Å². The van der Waals surface area contributed by atoms with Crippen LogP contribution in [0, 0.1) is 11.6 Å². The van der Waals surface area contributed by atoms with Crippen molar-refractivity contribution in [3.63, 3.8) is 0 Å². The molecule has 0 radical (unpaired) electrons. The molecule has 2 aromatic rings. The fourth-order valence-corrected chi connectivity index (χ4v) is 1.92. The maximum absolute atomic E-state index is 13.7. The van der Waals surface area contributed by atoms with Crippen LogP contribution >= 0.6 is 15.9 Å². The van der Waals surface area contributed by atoms with Crippen LogP contribution in [0.1, 0.15) is 11.1 Å². The van der Waals surface area contributed by atoms with Crippen LogP contribution in [0.25, 0.3) is 0 Å². The third-order valence-corrected chi connectivity index (χ3v) is 3.12. The lowest BCUT2D eigenvalue weighted by Gasteiger charge is -2.09. The molecule has 0 spiro atoms. The number of nitrogens with two attached hydrogens (primary N) is 1. The molecule has 19 heavy (non-hydrogen) atoms. The zero-order valence-corrected chi connectivity index (χ0v) is 11.6. The second-order valence-electron chi connectivity index (χ2n) is 3.99. The number of ether oxygens (including phenoxy) is 1. The van der Waals surface area contributed by atoms with E-state index in [0.29, 0.717) is 15.6 Å². The molecule has 5 heteroatoms. The molecule has 0 heterocycles. The highest BCUT2D eigenvalue weighted by atomic mass is 79.9. The molecule has 100 valence electrons. The fourth-order valence-electron chi connectivity index (χ4n) is 1.58. The summed E-state index contributed by atoms with van der Waals surface area (Å²) in [5.41, 5.74) is 6.48. The predicted octanol–water partition coefficient (Wildman–Crippen LogP) is 3.77. The van der Waals surface area contributed by atoms with Gasteiger partial charge in [-0.1, -0.05) is 28.1 Å². The lowest BCUT2D eigenvalue weighted by molar-refractivity contribution is 0.284. The van der Waals surface area contributed by atoms with Gasteiger partial charge in [-0.3, -0.25) is 0 Å². The highest BCUT2D eigenvalue weighted by Gasteiger charge is 2.07. The molecule has 0 aromatic heterocycles. The third kappa shape index (κ3) is 3.52. The van der Waals surface area contributed by atoms with Crippen molar-refractivity contribution < 1.29 is 13.5 Å². The van der Waals surface area contributed by atoms with Crippen LogP contribution in [-0.2, 0) is 13.2 Å². The first kappa shape index (κ1) is 14.0. The summed E-state index contributed by atoms with van der Waals surface area (Å²) in [5, 5.41) is 0. The third-order valence-electron chi connectivity index (χ3n) is 2.63. The van der Waals surface area contributed by atoms with E-state index in [1.165, 1.54) is 18.2 Å². The minimum atomic E-state index is -0.484. The van der Waals surface area contributed by atoms with Gasteiger partial charge < -0.3 is 10.5 Å². The van der Waals surface area contributed by atoms with E-state index in [2.05, 4.69) is 15.9 Å². The van der Waals surface area contributed by atoms with Gasteiger partial charge in [-0.15, -0.1) is 0 Å². The van der Waals surface area contributed by atoms with Crippen molar-refractivity contribution in [2.24, 2.45) is 5.73 Å². The molecule has 0 saturated heterocycles. The zero-order chi connectivity index (χ0) is 13.8. The maximum Gasteiger partial charge on any atom is 0.165 e. The Labute approximate surface area is 118 Å². The quantitative estimate of drug-likeness (QED) is 0.927. The molecule has 0 aliphatic rings. The maximum atomic E-state index is 13.7. The number of hydrogen-bond donors (Lipinski definition) is 1. The lowest BCUT2D eigenvalue weighted by Crippen LogP contribution is -2.02. The number of hydrogen-bond acceptors (Lipinski definition) is 2. The predicted molar refractivity (Wildman–Crippen MR) is 72.7 cm³/mol. The molecule has 0 aliphatic heterocycles. The molecule has 2 N–H and O–H groups in total. The summed E-state index contributed by atoms with van der Waals surface area (Å²) in [7, 11) is 0. The van der Waals surface area contributed by atoms with Gasteiger partial charge in [0, 0.05) is 16.6 Å². The molecule has 0 atom stereocenters. The number of halogens is 3. The van der Waals surface area contributed by atoms with E-state index in [1.807, 2.05) is 0 Å². The first-order valence-electron chi connectivity index (χ1n) is 5.65. The number of rotatable bonds is 4. The largest absolute Gasteiger partial charge is 0.486 e. The van der Waals surface area contributed by atoms with Crippen LogP contribution in [0.5, 0.6) is 5.75 Å². The Morgan fingerprint density at radius 2 is 1.84 bits per heavy atom. The Morgan fingerprint density at radius 3 is 2.53 bits per heavy atom. The van der Waals surface area contributed by atoms with E-state index in [9.17, 15) is 8.78 Å². The van der Waals surface area contributed by atoms with Crippen LogP contribution in [0.2, 0.25) is 0 Å². The van der Waals surface area contributed by atoms with E-state index in [1.54, 1.807) is 18.2 Å². The van der Waals surface area contributed by atoms with Crippen LogP contribution in [0.3, 0.4) is 0 Å². The second kappa shape index (κ2) is 6.12. The fraction of sp³-hybridized carbons (Fsp3) is 0.143. The monoisotopic (exact) mass is 327 g/mol. The summed E-state index contributed by atoms with van der Waals surface area (Å²) in [5.74, 6) is -0.808. The molecule has 0 saturated carbocycles. The Kier molecular flexibility index (Phi) is 4.50. The van der Waals surface area contributed by atoms with Crippen molar-refractivity contribution in [2.75, 3.05) is 0 Å². The highest BCUT2D eigenvalue weighted by Crippen LogP contribution is 2.23. The molecule has 0 amide bonds. The summed E-state index contributed by atoms with van der Waals surface area (Å²) < 4.78 is 33.1. The van der Waals surface area contributed by atoms with Gasteiger partial charge in [-0.2, -0.15) is 0 Å². The van der Waals surface area contributed by atoms with Gasteiger partial charge in [-0.05, 0) is 29.8 Å². The van der Waals surface area contributed by atoms with E-state index in [0.717, 1.165) is 0 Å². The summed E-state index contributed by atoms with van der Waals surface area (Å²) in [4.78, 5) is 0. The SMILES string of the molecule is NCc1ccc(COc2cc(Br)ccc2F)c(F)c1. The van der Waals surface area contributed by atoms with E-state index in [-0.39, 0.29) is 18.9 Å². The molecule has 0 aliphatic carbocycles. The first-order chi connectivity index (χ1) is 9.10. The Balaban J connectivity index is 2.12. The minimum absolute atomic E-state index is 0.0376. The Morgan fingerprint density at radius 1 is 1.05 bits per heavy atom. The van der Waals surface area contributed by atoms with Gasteiger partial charge in [0.15, 0.2) is 11.6 Å². The normalized spacial score (nSPS) is 10.5. The van der Waals surface area contributed by atoms with Crippen molar-refractivity contribution in [1.82, 2.24) is 0 Å². The van der Waals surface area contributed by atoms with Gasteiger partial charge in [-0.25, -0.2) is 8.78 Å². The first-order valence-corrected chi connectivity index (χ1v) is 6.44. The summed E-state index contributed by atoms with van der Waals surface area (Å²) >= 11 is 3.22. The van der Waals surface area contributed by atoms with Crippen LogP contribution < -0.4 is 10.5 Å². The molecular weight excluding hydrogens is 316 g/mol. The number of benzene rings is 2. The molecular formula is C14H12BrF2NO. The van der Waals surface area contributed by atoms with Gasteiger partial charge in [0.1, 0.15) is 12.4 Å². The minimum Gasteiger partial charge on any atom is -0.486 e. The summed E-state index contributed by atoms with van der Waals surface area (Å²) in [6.07, 6.45) is 0. The van der Waals surface area contributed by atoms with Gasteiger partial charge in [0.25, 0.3) is 0 Å². The van der Waals surface area contributed by atoms with Crippen molar-refractivity contribution in [2.45, 2.75) is 13.2 Å². The average Bonchev–Trinajstić information content (AvgIpc) is 2.40. The van der Waals surface area contributed by atoms with Gasteiger partial charge >= 0.3 is 0 Å². The topological polar surface area (TPSA) is 35.2 Å². The molecule has 0 fully saturated rings. The second-order valence-corrected chi connectivity index (χ2v) is 4.91. The lowest BCUT2D eigenvalue weighted by atomic mass is 10.1. The van der Waals surface area contributed by atoms with E-state index >= 15 is 0 Å². The van der Waals surface area contributed by atoms with Crippen molar-refractivity contribution in [1.29, 1.82) is 0 Å². The van der Waals surface area contributed by atoms with E-state index < -0.39 is 11.6 Å². The average molecular weight is 328 g/mol. The Bertz CT molecular complexity index is 590. The molecule has 0 bridgehead atoms. The molecule has 2 rings (SSSR count). The van der Waals surface area contributed by atoms with Gasteiger partial charge in [0.2, 0.25) is 0 Å². The smallest absolute Gasteiger partial charge is 0.165 e. The highest BCUT2D eigenvalue weighted by molar-refractivity contribution is 9.10.